The SMILES string of the molecule is O=C(Nc1ncccc1-n1cnc(Cn2nc(-c3ccc(Cl)cc3)n(C[C@H](O)C(F)(F)F)c2=O)n1)C1CCCCCC1. The van der Waals surface area contributed by atoms with Gasteiger partial charge in [-0.2, -0.15) is 13.2 Å². The predicted molar refractivity (Wildman–Crippen MR) is 147 cm³/mol. The summed E-state index contributed by atoms with van der Waals surface area (Å²) in [5.41, 5.74) is -0.115. The maximum Gasteiger partial charge on any atom is 0.416 e. The van der Waals surface area contributed by atoms with E-state index in [1.165, 1.54) is 35.3 Å². The van der Waals surface area contributed by atoms with Crippen molar-refractivity contribution >= 4 is 23.3 Å². The molecule has 42 heavy (non-hydrogen) atoms. The Kier molecular flexibility index (Phi) is 8.73. The van der Waals surface area contributed by atoms with E-state index in [0.29, 0.717) is 22.1 Å². The van der Waals surface area contributed by atoms with Gasteiger partial charge in [0, 0.05) is 22.7 Å². The number of nitrogens with zero attached hydrogens (tertiary/aromatic N) is 7. The third-order valence-electron chi connectivity index (χ3n) is 7.09. The van der Waals surface area contributed by atoms with Gasteiger partial charge in [0.05, 0.1) is 6.54 Å². The molecule has 1 aliphatic carbocycles. The van der Waals surface area contributed by atoms with Crippen LogP contribution in [0.5, 0.6) is 0 Å². The zero-order chi connectivity index (χ0) is 29.9. The van der Waals surface area contributed by atoms with Crippen LogP contribution in [0.1, 0.15) is 44.3 Å². The van der Waals surface area contributed by atoms with Gasteiger partial charge in [-0.1, -0.05) is 37.3 Å². The first-order valence-corrected chi connectivity index (χ1v) is 13.8. The largest absolute Gasteiger partial charge is 0.416 e. The summed E-state index contributed by atoms with van der Waals surface area (Å²) in [6.07, 6.45) is 1.08. The molecule has 1 aliphatic rings. The zero-order valence-electron chi connectivity index (χ0n) is 22.3. The number of hydrogen-bond donors (Lipinski definition) is 2. The number of aliphatic hydroxyl groups excluding tert-OH is 1. The van der Waals surface area contributed by atoms with E-state index in [0.717, 1.165) is 47.8 Å². The van der Waals surface area contributed by atoms with Crippen molar-refractivity contribution in [3.63, 3.8) is 0 Å². The Bertz CT molecular complexity index is 1590. The Balaban J connectivity index is 1.40. The van der Waals surface area contributed by atoms with Crippen LogP contribution in [0.25, 0.3) is 17.1 Å². The summed E-state index contributed by atoms with van der Waals surface area (Å²) in [5, 5.41) is 21.6. The molecule has 0 bridgehead atoms. The smallest absolute Gasteiger partial charge is 0.382 e. The van der Waals surface area contributed by atoms with Crippen molar-refractivity contribution in [2.45, 2.75) is 63.9 Å². The first-order valence-electron chi connectivity index (χ1n) is 13.5. The van der Waals surface area contributed by atoms with Gasteiger partial charge in [-0.25, -0.2) is 24.1 Å². The molecule has 2 N–H and O–H groups in total. The molecule has 222 valence electrons. The van der Waals surface area contributed by atoms with Crippen molar-refractivity contribution in [2.75, 3.05) is 5.32 Å². The van der Waals surface area contributed by atoms with E-state index in [1.807, 2.05) is 0 Å². The predicted octanol–water partition coefficient (Wildman–Crippen LogP) is 4.22. The molecule has 0 unspecified atom stereocenters. The van der Waals surface area contributed by atoms with Crippen LogP contribution in [-0.2, 0) is 17.9 Å². The van der Waals surface area contributed by atoms with Crippen molar-refractivity contribution < 1.29 is 23.1 Å². The molecule has 15 heteroatoms. The van der Waals surface area contributed by atoms with Crippen LogP contribution in [0.4, 0.5) is 19.0 Å². The maximum atomic E-state index is 13.2. The van der Waals surface area contributed by atoms with Crippen molar-refractivity contribution in [3.8, 4) is 17.1 Å². The van der Waals surface area contributed by atoms with Crippen molar-refractivity contribution in [1.82, 2.24) is 34.1 Å². The number of amides is 1. The molecular formula is C27H28ClF3N8O3. The minimum Gasteiger partial charge on any atom is -0.382 e. The Labute approximate surface area is 243 Å². The van der Waals surface area contributed by atoms with Gasteiger partial charge in [0.1, 0.15) is 18.6 Å². The highest BCUT2D eigenvalue weighted by Gasteiger charge is 2.39. The monoisotopic (exact) mass is 604 g/mol. The number of benzene rings is 1. The highest BCUT2D eigenvalue weighted by atomic mass is 35.5. The number of pyridine rings is 1. The highest BCUT2D eigenvalue weighted by molar-refractivity contribution is 6.30. The lowest BCUT2D eigenvalue weighted by atomic mass is 9.99. The molecule has 0 spiro atoms. The molecule has 1 aromatic carbocycles. The quantitative estimate of drug-likeness (QED) is 0.288. The summed E-state index contributed by atoms with van der Waals surface area (Å²) in [6, 6.07) is 9.40. The number of hydrogen-bond acceptors (Lipinski definition) is 7. The lowest BCUT2D eigenvalue weighted by molar-refractivity contribution is -0.207. The van der Waals surface area contributed by atoms with Crippen molar-refractivity contribution in [1.29, 1.82) is 0 Å². The van der Waals surface area contributed by atoms with Gasteiger partial charge in [0.15, 0.2) is 23.6 Å². The third-order valence-corrected chi connectivity index (χ3v) is 7.34. The van der Waals surface area contributed by atoms with Gasteiger partial charge >= 0.3 is 11.9 Å². The van der Waals surface area contributed by atoms with Gasteiger partial charge in [-0.3, -0.25) is 9.36 Å². The Morgan fingerprint density at radius 3 is 2.48 bits per heavy atom. The molecule has 3 aromatic heterocycles. The van der Waals surface area contributed by atoms with E-state index >= 15 is 0 Å². The number of carbonyl (C=O) groups is 1. The third kappa shape index (κ3) is 6.71. The van der Waals surface area contributed by atoms with Crippen molar-refractivity contribution in [3.05, 3.63) is 70.3 Å². The number of nitrogens with one attached hydrogen (secondary N) is 1. The van der Waals surface area contributed by atoms with Gasteiger partial charge in [0.25, 0.3) is 0 Å². The fraction of sp³-hybridized carbons (Fsp3) is 0.407. The van der Waals surface area contributed by atoms with Crippen LogP contribution >= 0.6 is 11.6 Å². The number of aliphatic hydroxyl groups is 1. The minimum atomic E-state index is -4.94. The highest BCUT2D eigenvalue weighted by Crippen LogP contribution is 2.26. The summed E-state index contributed by atoms with van der Waals surface area (Å²) < 4.78 is 42.5. The molecule has 3 heterocycles. The Morgan fingerprint density at radius 2 is 1.79 bits per heavy atom. The molecule has 1 atom stereocenters. The average Bonchev–Trinajstić information content (AvgIpc) is 3.41. The van der Waals surface area contributed by atoms with Crippen LogP contribution < -0.4 is 11.0 Å². The molecule has 1 fully saturated rings. The van der Waals surface area contributed by atoms with Crippen LogP contribution in [0.3, 0.4) is 0 Å². The number of anilines is 1. The van der Waals surface area contributed by atoms with Crippen LogP contribution in [-0.4, -0.2) is 57.4 Å². The summed E-state index contributed by atoms with van der Waals surface area (Å²) in [6.45, 7) is -1.33. The normalized spacial score (nSPS) is 15.4. The van der Waals surface area contributed by atoms with E-state index in [2.05, 4.69) is 25.5 Å². The molecule has 0 aliphatic heterocycles. The number of aromatic nitrogens is 7. The fourth-order valence-electron chi connectivity index (χ4n) is 4.86. The molecule has 0 saturated heterocycles. The van der Waals surface area contributed by atoms with Crippen LogP contribution in [0.2, 0.25) is 5.02 Å². The second-order valence-corrected chi connectivity index (χ2v) is 10.5. The summed E-state index contributed by atoms with van der Waals surface area (Å²) in [7, 11) is 0. The average molecular weight is 605 g/mol. The second-order valence-electron chi connectivity index (χ2n) is 10.1. The zero-order valence-corrected chi connectivity index (χ0v) is 23.1. The van der Waals surface area contributed by atoms with E-state index in [9.17, 15) is 27.9 Å². The Hall–Kier alpha value is -4.04. The molecule has 0 radical (unpaired) electrons. The number of alkyl halides is 3. The summed E-state index contributed by atoms with van der Waals surface area (Å²) >= 11 is 5.94. The van der Waals surface area contributed by atoms with Gasteiger partial charge < -0.3 is 10.4 Å². The molecule has 4 aromatic rings. The van der Waals surface area contributed by atoms with Gasteiger partial charge in [-0.15, -0.1) is 10.2 Å². The lowest BCUT2D eigenvalue weighted by Crippen LogP contribution is -2.37. The standard InChI is InChI=1S/C27H28ClF3N8O3/c28-19-11-9-17(10-12-19)24-36-38(26(42)37(24)14-21(40)27(29,30)31)15-22-33-16-39(35-22)20-8-5-13-32-23(20)34-25(41)18-6-3-1-2-4-7-18/h5,8-13,16,18,21,40H,1-4,6-7,14-15H2,(H,32,34,41)/t21-/m0/s1. The number of halogens is 4. The first-order chi connectivity index (χ1) is 20.1. The van der Waals surface area contributed by atoms with Gasteiger partial charge in [-0.05, 0) is 49.2 Å². The molecule has 1 amide bonds. The summed E-state index contributed by atoms with van der Waals surface area (Å²) in [5.74, 6) is 0.142. The van der Waals surface area contributed by atoms with Crippen molar-refractivity contribution in [2.24, 2.45) is 5.92 Å². The maximum absolute atomic E-state index is 13.2. The molecule has 11 nitrogen and oxygen atoms in total. The van der Waals surface area contributed by atoms with Crippen LogP contribution in [0.15, 0.2) is 53.7 Å². The molecule has 1 saturated carbocycles. The van der Waals surface area contributed by atoms with E-state index in [-0.39, 0.29) is 30.0 Å². The second kappa shape index (κ2) is 12.4. The number of rotatable bonds is 8. The fourth-order valence-corrected chi connectivity index (χ4v) is 4.98. The van der Waals surface area contributed by atoms with E-state index in [4.69, 9.17) is 11.6 Å². The topological polar surface area (TPSA) is 133 Å². The molecular weight excluding hydrogens is 577 g/mol. The minimum absolute atomic E-state index is 0.0878. The summed E-state index contributed by atoms with van der Waals surface area (Å²) in [4.78, 5) is 34.7. The molecule has 5 rings (SSSR count). The van der Waals surface area contributed by atoms with Crippen LogP contribution in [0, 0.1) is 5.92 Å². The number of carbonyl (C=O) groups excluding carboxylic acids is 1. The first kappa shape index (κ1) is 29.5. The van der Waals surface area contributed by atoms with E-state index in [1.54, 1.807) is 18.3 Å². The van der Waals surface area contributed by atoms with E-state index < -0.39 is 24.5 Å². The van der Waals surface area contributed by atoms with Gasteiger partial charge in [0.2, 0.25) is 5.91 Å². The lowest BCUT2D eigenvalue weighted by Gasteiger charge is -2.15. The Morgan fingerprint density at radius 1 is 1.07 bits per heavy atom.